The number of urea groups is 1. The molecule has 3 amide bonds. The zero-order valence-corrected chi connectivity index (χ0v) is 6.27. The molecule has 0 aliphatic carbocycles. The zero-order valence-electron chi connectivity index (χ0n) is 6.27. The molecule has 6 heteroatoms. The van der Waals surface area contributed by atoms with Crippen LogP contribution in [0.4, 0.5) is 4.79 Å². The lowest BCUT2D eigenvalue weighted by Gasteiger charge is -2.24. The van der Waals surface area contributed by atoms with Crippen molar-refractivity contribution in [1.82, 2.24) is 5.06 Å². The van der Waals surface area contributed by atoms with Crippen molar-refractivity contribution in [3.63, 3.8) is 0 Å². The Morgan fingerprint density at radius 1 is 1.50 bits per heavy atom. The molecule has 0 saturated heterocycles. The third-order valence-corrected chi connectivity index (χ3v) is 1.47. The average molecular weight is 171 g/mol. The summed E-state index contributed by atoms with van der Waals surface area (Å²) in [5.41, 5.74) is 9.91. The van der Waals surface area contributed by atoms with Crippen molar-refractivity contribution in [2.45, 2.75) is 0 Å². The van der Waals surface area contributed by atoms with Gasteiger partial charge in [-0.15, -0.1) is 0 Å². The lowest BCUT2D eigenvalue weighted by atomic mass is 10.1. The fourth-order valence-electron chi connectivity index (χ4n) is 0.813. The quantitative estimate of drug-likeness (QED) is 0.525. The second kappa shape index (κ2) is 3.12. The summed E-state index contributed by atoms with van der Waals surface area (Å²) in [5, 5.41) is 0.870. The van der Waals surface area contributed by atoms with Gasteiger partial charge in [0, 0.05) is 0 Å². The molecule has 0 aromatic rings. The molecule has 0 spiro atoms. The monoisotopic (exact) mass is 171 g/mol. The zero-order chi connectivity index (χ0) is 9.14. The minimum Gasteiger partial charge on any atom is -0.384 e. The summed E-state index contributed by atoms with van der Waals surface area (Å²) < 4.78 is 0. The van der Waals surface area contributed by atoms with Gasteiger partial charge in [0.15, 0.2) is 0 Å². The van der Waals surface area contributed by atoms with Gasteiger partial charge in [-0.25, -0.2) is 4.79 Å². The van der Waals surface area contributed by atoms with Crippen LogP contribution in [-0.2, 0) is 9.63 Å². The van der Waals surface area contributed by atoms with Crippen molar-refractivity contribution >= 4 is 11.9 Å². The van der Waals surface area contributed by atoms with Crippen LogP contribution in [0.25, 0.3) is 0 Å². The van der Waals surface area contributed by atoms with Crippen molar-refractivity contribution in [2.24, 2.45) is 17.4 Å². The van der Waals surface area contributed by atoms with E-state index < -0.39 is 17.9 Å². The minimum atomic E-state index is -0.745. The van der Waals surface area contributed by atoms with Gasteiger partial charge in [0.05, 0.1) is 12.5 Å². The third kappa shape index (κ3) is 1.66. The van der Waals surface area contributed by atoms with E-state index in [1.165, 1.54) is 12.3 Å². The normalized spacial score (nSPS) is 21.7. The highest BCUT2D eigenvalue weighted by molar-refractivity contribution is 5.80. The molecule has 1 aliphatic heterocycles. The van der Waals surface area contributed by atoms with Gasteiger partial charge in [-0.1, -0.05) is 0 Å². The second-order valence-electron chi connectivity index (χ2n) is 2.34. The van der Waals surface area contributed by atoms with Crippen LogP contribution in [0.5, 0.6) is 0 Å². The molecular weight excluding hydrogens is 162 g/mol. The molecule has 0 radical (unpaired) electrons. The molecular formula is C6H9N3O3. The summed E-state index contributed by atoms with van der Waals surface area (Å²) in [5.74, 6) is -1.04. The summed E-state index contributed by atoms with van der Waals surface area (Å²) in [6.07, 6.45) is 2.69. The van der Waals surface area contributed by atoms with Crippen LogP contribution in [0.15, 0.2) is 12.3 Å². The molecule has 1 atom stereocenters. The molecule has 0 bridgehead atoms. The molecule has 0 saturated carbocycles. The first-order valence-electron chi connectivity index (χ1n) is 3.31. The van der Waals surface area contributed by atoms with E-state index in [9.17, 15) is 9.59 Å². The van der Waals surface area contributed by atoms with Crippen LogP contribution < -0.4 is 11.5 Å². The van der Waals surface area contributed by atoms with Gasteiger partial charge in [0.1, 0.15) is 6.26 Å². The number of amides is 3. The van der Waals surface area contributed by atoms with Gasteiger partial charge in [-0.05, 0) is 6.08 Å². The van der Waals surface area contributed by atoms with Crippen LogP contribution in [0, 0.1) is 5.92 Å². The number of rotatable bonds is 1. The molecule has 0 aromatic heterocycles. The lowest BCUT2D eigenvalue weighted by molar-refractivity contribution is -0.126. The van der Waals surface area contributed by atoms with Crippen molar-refractivity contribution in [2.75, 3.05) is 6.54 Å². The summed E-state index contributed by atoms with van der Waals surface area (Å²) in [6.45, 7) is 0.0706. The molecule has 0 fully saturated rings. The van der Waals surface area contributed by atoms with Crippen molar-refractivity contribution in [1.29, 1.82) is 0 Å². The topological polar surface area (TPSA) is 98.7 Å². The molecule has 12 heavy (non-hydrogen) atoms. The van der Waals surface area contributed by atoms with E-state index in [1.54, 1.807) is 0 Å². The maximum absolute atomic E-state index is 10.7. The fraction of sp³-hybridized carbons (Fsp3) is 0.333. The van der Waals surface area contributed by atoms with Gasteiger partial charge in [-0.2, -0.15) is 5.06 Å². The van der Waals surface area contributed by atoms with Gasteiger partial charge in [0.2, 0.25) is 5.91 Å². The van der Waals surface area contributed by atoms with Crippen LogP contribution in [-0.4, -0.2) is 23.5 Å². The van der Waals surface area contributed by atoms with Gasteiger partial charge in [0.25, 0.3) is 0 Å². The maximum atomic E-state index is 10.7. The van der Waals surface area contributed by atoms with E-state index in [2.05, 4.69) is 0 Å². The number of primary amides is 2. The van der Waals surface area contributed by atoms with Crippen LogP contribution in [0.3, 0.4) is 0 Å². The fourth-order valence-corrected chi connectivity index (χ4v) is 0.813. The van der Waals surface area contributed by atoms with E-state index in [4.69, 9.17) is 16.3 Å². The Hall–Kier alpha value is -1.72. The molecule has 1 rings (SSSR count). The highest BCUT2D eigenvalue weighted by Crippen LogP contribution is 2.09. The third-order valence-electron chi connectivity index (χ3n) is 1.47. The van der Waals surface area contributed by atoms with Crippen LogP contribution in [0.2, 0.25) is 0 Å². The number of carbonyl (C=O) groups excluding carboxylic acids is 2. The lowest BCUT2D eigenvalue weighted by Crippen LogP contribution is -2.43. The number of hydrogen-bond acceptors (Lipinski definition) is 3. The number of nitrogens with zero attached hydrogens (tertiary/aromatic N) is 1. The Labute approximate surface area is 68.7 Å². The smallest absolute Gasteiger partial charge is 0.347 e. The first-order valence-corrected chi connectivity index (χ1v) is 3.31. The molecule has 1 unspecified atom stereocenters. The maximum Gasteiger partial charge on any atom is 0.347 e. The first kappa shape index (κ1) is 8.38. The summed E-state index contributed by atoms with van der Waals surface area (Å²) in [6, 6.07) is -0.745. The standard InChI is InChI=1S/C6H9N3O3/c7-5(10)4-1-2-12-9(3-4)6(8)11/h1-2,4H,3H2,(H2,7,10)(H2,8,11). The molecule has 1 aliphatic rings. The molecule has 1 heterocycles. The SMILES string of the molecule is NC(=O)C1C=CON(C(N)=O)C1. The highest BCUT2D eigenvalue weighted by atomic mass is 16.7. The van der Waals surface area contributed by atoms with Gasteiger partial charge < -0.3 is 16.3 Å². The minimum absolute atomic E-state index is 0.0706. The second-order valence-corrected chi connectivity index (χ2v) is 2.34. The van der Waals surface area contributed by atoms with Crippen molar-refractivity contribution in [3.05, 3.63) is 12.3 Å². The predicted molar refractivity (Wildman–Crippen MR) is 39.2 cm³/mol. The molecule has 6 nitrogen and oxygen atoms in total. The predicted octanol–water partition coefficient (Wildman–Crippen LogP) is -1.07. The van der Waals surface area contributed by atoms with Crippen LogP contribution >= 0.6 is 0 Å². The Morgan fingerprint density at radius 3 is 2.67 bits per heavy atom. The Balaban J connectivity index is 2.63. The Bertz CT molecular complexity index is 238. The number of carbonyl (C=O) groups is 2. The summed E-state index contributed by atoms with van der Waals surface area (Å²) in [4.78, 5) is 25.9. The Morgan fingerprint density at radius 2 is 2.17 bits per heavy atom. The molecule has 4 N–H and O–H groups in total. The first-order chi connectivity index (χ1) is 5.61. The molecule has 66 valence electrons. The van der Waals surface area contributed by atoms with E-state index in [0.717, 1.165) is 5.06 Å². The molecule has 0 aromatic carbocycles. The van der Waals surface area contributed by atoms with Crippen LogP contribution in [0.1, 0.15) is 0 Å². The van der Waals surface area contributed by atoms with Gasteiger partial charge >= 0.3 is 6.03 Å². The van der Waals surface area contributed by atoms with E-state index in [0.29, 0.717) is 0 Å². The van der Waals surface area contributed by atoms with Gasteiger partial charge in [-0.3, -0.25) is 4.79 Å². The summed E-state index contributed by atoms with van der Waals surface area (Å²) >= 11 is 0. The average Bonchev–Trinajstić information content (AvgIpc) is 2.04. The number of hydrogen-bond donors (Lipinski definition) is 2. The van der Waals surface area contributed by atoms with Crippen molar-refractivity contribution < 1.29 is 14.4 Å². The Kier molecular flexibility index (Phi) is 2.18. The highest BCUT2D eigenvalue weighted by Gasteiger charge is 2.23. The van der Waals surface area contributed by atoms with E-state index >= 15 is 0 Å². The van der Waals surface area contributed by atoms with Crippen molar-refractivity contribution in [3.8, 4) is 0 Å². The number of hydroxylamine groups is 2. The number of nitrogens with two attached hydrogens (primary N) is 2. The van der Waals surface area contributed by atoms with E-state index in [-0.39, 0.29) is 6.54 Å². The summed E-state index contributed by atoms with van der Waals surface area (Å²) in [7, 11) is 0. The van der Waals surface area contributed by atoms with E-state index in [1.807, 2.05) is 0 Å². The largest absolute Gasteiger partial charge is 0.384 e.